The van der Waals surface area contributed by atoms with Crippen molar-refractivity contribution >= 4 is 23.8 Å². The Morgan fingerprint density at radius 1 is 1.29 bits per heavy atom. The Balaban J connectivity index is 2.22. The number of rotatable bonds is 3. The zero-order valence-electron chi connectivity index (χ0n) is 9.21. The van der Waals surface area contributed by atoms with Crippen molar-refractivity contribution in [1.29, 1.82) is 5.26 Å². The van der Waals surface area contributed by atoms with Gasteiger partial charge >= 0.3 is 0 Å². The van der Waals surface area contributed by atoms with Crippen molar-refractivity contribution in [3.8, 4) is 6.07 Å². The molecule has 0 aromatic heterocycles. The molecule has 2 rings (SSSR count). The van der Waals surface area contributed by atoms with Crippen molar-refractivity contribution in [2.75, 3.05) is 0 Å². The molecular formula is C12H10N2O2S. The van der Waals surface area contributed by atoms with Gasteiger partial charge in [0.05, 0.1) is 17.2 Å². The number of fused-ring (bicyclic) bond motifs is 1. The van der Waals surface area contributed by atoms with Gasteiger partial charge < -0.3 is 0 Å². The fourth-order valence-corrected chi connectivity index (χ4v) is 2.51. The third-order valence-corrected chi connectivity index (χ3v) is 3.49. The van der Waals surface area contributed by atoms with Gasteiger partial charge in [-0.1, -0.05) is 19.1 Å². The topological polar surface area (TPSA) is 61.2 Å². The molecule has 1 heterocycles. The van der Waals surface area contributed by atoms with Gasteiger partial charge in [-0.2, -0.15) is 5.26 Å². The van der Waals surface area contributed by atoms with Gasteiger partial charge in [0.15, 0.2) is 0 Å². The summed E-state index contributed by atoms with van der Waals surface area (Å²) < 4.78 is 1.15. The molecule has 0 spiro atoms. The van der Waals surface area contributed by atoms with Gasteiger partial charge in [-0.05, 0) is 24.1 Å². The summed E-state index contributed by atoms with van der Waals surface area (Å²) in [6.07, 6.45) is 0.304. The molecule has 0 N–H and O–H groups in total. The van der Waals surface area contributed by atoms with Crippen LogP contribution in [0.2, 0.25) is 0 Å². The molecule has 1 aliphatic rings. The fourth-order valence-electron chi connectivity index (χ4n) is 1.61. The zero-order chi connectivity index (χ0) is 12.4. The highest BCUT2D eigenvalue weighted by atomic mass is 32.2. The molecule has 0 saturated heterocycles. The maximum Gasteiger partial charge on any atom is 0.271 e. The van der Waals surface area contributed by atoms with E-state index in [1.165, 1.54) is 0 Å². The average Bonchev–Trinajstić information content (AvgIpc) is 2.56. The minimum absolute atomic E-state index is 0.0813. The molecule has 1 atom stereocenters. The highest BCUT2D eigenvalue weighted by Gasteiger charge is 2.36. The number of hydrogen-bond donors (Lipinski definition) is 0. The van der Waals surface area contributed by atoms with Crippen molar-refractivity contribution in [2.24, 2.45) is 0 Å². The van der Waals surface area contributed by atoms with E-state index in [4.69, 9.17) is 5.26 Å². The Hall–Kier alpha value is -1.80. The first-order chi connectivity index (χ1) is 8.15. The maximum atomic E-state index is 11.9. The number of nitrogens with zero attached hydrogens (tertiary/aromatic N) is 2. The maximum absolute atomic E-state index is 11.9. The Morgan fingerprint density at radius 3 is 2.29 bits per heavy atom. The Kier molecular flexibility index (Phi) is 3.16. The second-order valence-corrected chi connectivity index (χ2v) is 5.11. The lowest BCUT2D eigenvalue weighted by atomic mass is 10.1. The lowest BCUT2D eigenvalue weighted by Crippen LogP contribution is -2.24. The molecule has 0 radical (unpaired) electrons. The molecule has 1 aliphatic heterocycles. The van der Waals surface area contributed by atoms with Gasteiger partial charge in [0.25, 0.3) is 11.8 Å². The SMILES string of the molecule is CC(CC#N)SN1C(=O)c2ccccc2C1=O. The van der Waals surface area contributed by atoms with Crippen molar-refractivity contribution in [1.82, 2.24) is 4.31 Å². The van der Waals surface area contributed by atoms with Crippen LogP contribution in [-0.2, 0) is 0 Å². The molecule has 0 fully saturated rings. The summed E-state index contributed by atoms with van der Waals surface area (Å²) >= 11 is 1.12. The lowest BCUT2D eigenvalue weighted by molar-refractivity contribution is 0.0776. The van der Waals surface area contributed by atoms with Gasteiger partial charge in [-0.3, -0.25) is 9.59 Å². The number of imide groups is 1. The summed E-state index contributed by atoms with van der Waals surface area (Å²) in [7, 11) is 0. The van der Waals surface area contributed by atoms with Gasteiger partial charge in [-0.25, -0.2) is 4.31 Å². The van der Waals surface area contributed by atoms with E-state index in [-0.39, 0.29) is 17.1 Å². The molecule has 1 aromatic rings. The smallest absolute Gasteiger partial charge is 0.268 e. The van der Waals surface area contributed by atoms with Crippen molar-refractivity contribution < 1.29 is 9.59 Å². The molecule has 1 aromatic carbocycles. The van der Waals surface area contributed by atoms with Crippen LogP contribution in [0.5, 0.6) is 0 Å². The van der Waals surface area contributed by atoms with E-state index in [1.807, 2.05) is 13.0 Å². The predicted molar refractivity (Wildman–Crippen MR) is 64.2 cm³/mol. The summed E-state index contributed by atoms with van der Waals surface area (Å²) in [6.45, 7) is 1.82. The molecule has 1 unspecified atom stereocenters. The average molecular weight is 246 g/mol. The highest BCUT2D eigenvalue weighted by Crippen LogP contribution is 2.31. The van der Waals surface area contributed by atoms with E-state index in [9.17, 15) is 9.59 Å². The quantitative estimate of drug-likeness (QED) is 0.606. The molecule has 0 saturated carbocycles. The van der Waals surface area contributed by atoms with Crippen molar-refractivity contribution in [2.45, 2.75) is 18.6 Å². The minimum atomic E-state index is -0.291. The largest absolute Gasteiger partial charge is 0.271 e. The molecular weight excluding hydrogens is 236 g/mol. The van der Waals surface area contributed by atoms with Gasteiger partial charge in [0.2, 0.25) is 0 Å². The summed E-state index contributed by atoms with van der Waals surface area (Å²) in [6, 6.07) is 8.78. The number of hydrogen-bond acceptors (Lipinski definition) is 4. The van der Waals surface area contributed by atoms with Crippen molar-refractivity contribution in [3.63, 3.8) is 0 Å². The van der Waals surface area contributed by atoms with Crippen LogP contribution in [0.15, 0.2) is 24.3 Å². The summed E-state index contributed by atoms with van der Waals surface area (Å²) in [5.74, 6) is -0.583. The number of carbonyl (C=O) groups is 2. The first kappa shape index (κ1) is 11.7. The summed E-state index contributed by atoms with van der Waals surface area (Å²) in [5.41, 5.74) is 0.878. The van der Waals surface area contributed by atoms with Crippen LogP contribution in [0.4, 0.5) is 0 Å². The lowest BCUT2D eigenvalue weighted by Gasteiger charge is -2.15. The molecule has 17 heavy (non-hydrogen) atoms. The third kappa shape index (κ3) is 2.04. The molecule has 86 valence electrons. The predicted octanol–water partition coefficient (Wildman–Crippen LogP) is 2.23. The fraction of sp³-hybridized carbons (Fsp3) is 0.250. The van der Waals surface area contributed by atoms with E-state index in [0.717, 1.165) is 16.3 Å². The highest BCUT2D eigenvalue weighted by molar-refractivity contribution is 7.98. The third-order valence-electron chi connectivity index (χ3n) is 2.42. The van der Waals surface area contributed by atoms with Crippen LogP contribution >= 0.6 is 11.9 Å². The molecule has 0 bridgehead atoms. The first-order valence-electron chi connectivity index (χ1n) is 5.16. The van der Waals surface area contributed by atoms with Crippen LogP contribution in [0.1, 0.15) is 34.1 Å². The zero-order valence-corrected chi connectivity index (χ0v) is 10.0. The monoisotopic (exact) mass is 246 g/mol. The Morgan fingerprint density at radius 2 is 1.82 bits per heavy atom. The van der Waals surface area contributed by atoms with Crippen molar-refractivity contribution in [3.05, 3.63) is 35.4 Å². The van der Waals surface area contributed by atoms with E-state index >= 15 is 0 Å². The molecule has 2 amide bonds. The van der Waals surface area contributed by atoms with Crippen LogP contribution < -0.4 is 0 Å². The number of benzene rings is 1. The second kappa shape index (κ2) is 4.60. The molecule has 4 nitrogen and oxygen atoms in total. The van der Waals surface area contributed by atoms with Crippen LogP contribution in [0.25, 0.3) is 0 Å². The molecule has 5 heteroatoms. The second-order valence-electron chi connectivity index (χ2n) is 3.73. The van der Waals surface area contributed by atoms with E-state index in [2.05, 4.69) is 0 Å². The normalized spacial score (nSPS) is 15.6. The standard InChI is InChI=1S/C12H10N2O2S/c1-8(6-7-13)17-14-11(15)9-4-2-3-5-10(9)12(14)16/h2-5,8H,6H2,1H3. The molecule has 0 aliphatic carbocycles. The van der Waals surface area contributed by atoms with Crippen LogP contribution in [0, 0.1) is 11.3 Å². The van der Waals surface area contributed by atoms with Crippen LogP contribution in [0.3, 0.4) is 0 Å². The Bertz CT molecular complexity index is 486. The minimum Gasteiger partial charge on any atom is -0.268 e. The van der Waals surface area contributed by atoms with Gasteiger partial charge in [0.1, 0.15) is 0 Å². The summed E-state index contributed by atoms with van der Waals surface area (Å²) in [4.78, 5) is 23.9. The van der Waals surface area contributed by atoms with Crippen LogP contribution in [-0.4, -0.2) is 21.4 Å². The number of amides is 2. The van der Waals surface area contributed by atoms with E-state index in [0.29, 0.717) is 17.5 Å². The van der Waals surface area contributed by atoms with E-state index in [1.54, 1.807) is 24.3 Å². The first-order valence-corrected chi connectivity index (χ1v) is 6.00. The van der Waals surface area contributed by atoms with Gasteiger partial charge in [0, 0.05) is 11.7 Å². The van der Waals surface area contributed by atoms with E-state index < -0.39 is 0 Å². The summed E-state index contributed by atoms with van der Waals surface area (Å²) in [5, 5.41) is 8.48. The Labute approximate surface area is 103 Å². The number of nitriles is 1. The number of carbonyl (C=O) groups excluding carboxylic acids is 2. The van der Waals surface area contributed by atoms with Gasteiger partial charge in [-0.15, -0.1) is 0 Å².